The molecule has 2 rings (SSSR count). The van der Waals surface area contributed by atoms with E-state index in [4.69, 9.17) is 16.0 Å². The van der Waals surface area contributed by atoms with Crippen LogP contribution in [0.1, 0.15) is 24.1 Å². The number of rotatable bonds is 5. The van der Waals surface area contributed by atoms with Crippen LogP contribution in [0.5, 0.6) is 0 Å². The molecule has 1 aromatic carbocycles. The summed E-state index contributed by atoms with van der Waals surface area (Å²) in [4.78, 5) is 4.48. The highest BCUT2D eigenvalue weighted by molar-refractivity contribution is 6.30. The maximum Gasteiger partial charge on any atom is 0.198 e. The summed E-state index contributed by atoms with van der Waals surface area (Å²) < 4.78 is 5.47. The highest BCUT2D eigenvalue weighted by Crippen LogP contribution is 2.14. The minimum atomic E-state index is 0.401. The summed E-state index contributed by atoms with van der Waals surface area (Å²) >= 11 is 5.85. The highest BCUT2D eigenvalue weighted by atomic mass is 35.5. The fourth-order valence-electron chi connectivity index (χ4n) is 1.72. The molecule has 0 aliphatic heterocycles. The Morgan fingerprint density at radius 1 is 1.33 bits per heavy atom. The van der Waals surface area contributed by atoms with Gasteiger partial charge < -0.3 is 9.73 Å². The molecule has 0 aliphatic carbocycles. The van der Waals surface area contributed by atoms with Crippen molar-refractivity contribution in [2.45, 2.75) is 25.8 Å². The Labute approximate surface area is 112 Å². The number of nitrogens with zero attached hydrogens (tertiary/aromatic N) is 1. The molecule has 3 nitrogen and oxygen atoms in total. The van der Waals surface area contributed by atoms with Gasteiger partial charge in [-0.3, -0.25) is 0 Å². The third-order valence-electron chi connectivity index (χ3n) is 2.88. The second kappa shape index (κ2) is 6.03. The largest absolute Gasteiger partial charge is 0.448 e. The maximum atomic E-state index is 5.85. The van der Waals surface area contributed by atoms with E-state index in [0.29, 0.717) is 12.5 Å². The molecule has 0 fully saturated rings. The van der Waals surface area contributed by atoms with Gasteiger partial charge in [-0.05, 0) is 31.7 Å². The zero-order valence-electron chi connectivity index (χ0n) is 10.6. The lowest BCUT2D eigenvalue weighted by Gasteiger charge is -2.05. The maximum absolute atomic E-state index is 5.85. The van der Waals surface area contributed by atoms with E-state index in [1.54, 1.807) is 6.26 Å². The molecule has 0 spiro atoms. The van der Waals surface area contributed by atoms with Crippen LogP contribution in [0.3, 0.4) is 0 Å². The van der Waals surface area contributed by atoms with Crippen molar-refractivity contribution >= 4 is 11.6 Å². The normalized spacial score (nSPS) is 12.6. The van der Waals surface area contributed by atoms with Crippen LogP contribution in [0.4, 0.5) is 0 Å². The smallest absolute Gasteiger partial charge is 0.198 e. The Hall–Kier alpha value is -1.32. The fraction of sp³-hybridized carbons (Fsp3) is 0.357. The van der Waals surface area contributed by atoms with E-state index < -0.39 is 0 Å². The lowest BCUT2D eigenvalue weighted by atomic mass is 10.1. The first kappa shape index (κ1) is 13.1. The molecule has 0 bridgehead atoms. The monoisotopic (exact) mass is 264 g/mol. The standard InChI is InChI=1S/C14H17ClN2O/c1-10(16-2)7-13-9-18-14(17-13)8-11-3-5-12(15)6-4-11/h3-6,9-10,16H,7-8H2,1-2H3. The fourth-order valence-corrected chi connectivity index (χ4v) is 1.84. The van der Waals surface area contributed by atoms with Gasteiger partial charge in [0.1, 0.15) is 6.26 Å². The summed E-state index contributed by atoms with van der Waals surface area (Å²) in [6.45, 7) is 2.12. The highest BCUT2D eigenvalue weighted by Gasteiger charge is 2.07. The minimum absolute atomic E-state index is 0.401. The van der Waals surface area contributed by atoms with Crippen LogP contribution >= 0.6 is 11.6 Å². The summed E-state index contributed by atoms with van der Waals surface area (Å²) in [5, 5.41) is 3.93. The van der Waals surface area contributed by atoms with Gasteiger partial charge in [0.15, 0.2) is 5.89 Å². The summed E-state index contributed by atoms with van der Waals surface area (Å²) in [6.07, 6.45) is 3.31. The van der Waals surface area contributed by atoms with Gasteiger partial charge in [0.05, 0.1) is 5.69 Å². The molecular formula is C14H17ClN2O. The van der Waals surface area contributed by atoms with E-state index in [2.05, 4.69) is 17.2 Å². The Balaban J connectivity index is 2.00. The van der Waals surface area contributed by atoms with Crippen molar-refractivity contribution in [2.75, 3.05) is 7.05 Å². The van der Waals surface area contributed by atoms with Crippen LogP contribution in [0.25, 0.3) is 0 Å². The van der Waals surface area contributed by atoms with Gasteiger partial charge in [0.25, 0.3) is 0 Å². The van der Waals surface area contributed by atoms with E-state index in [0.717, 1.165) is 28.6 Å². The number of benzene rings is 1. The van der Waals surface area contributed by atoms with Gasteiger partial charge in [-0.25, -0.2) is 4.98 Å². The molecule has 4 heteroatoms. The predicted molar refractivity (Wildman–Crippen MR) is 73.0 cm³/mol. The molecule has 1 atom stereocenters. The first-order valence-electron chi connectivity index (χ1n) is 6.02. The minimum Gasteiger partial charge on any atom is -0.448 e. The zero-order chi connectivity index (χ0) is 13.0. The lowest BCUT2D eigenvalue weighted by Crippen LogP contribution is -2.23. The first-order valence-corrected chi connectivity index (χ1v) is 6.40. The van der Waals surface area contributed by atoms with Gasteiger partial charge in [-0.1, -0.05) is 23.7 Å². The van der Waals surface area contributed by atoms with E-state index in [9.17, 15) is 0 Å². The Bertz CT molecular complexity index is 493. The molecule has 0 aliphatic rings. The zero-order valence-corrected chi connectivity index (χ0v) is 11.4. The Morgan fingerprint density at radius 3 is 2.72 bits per heavy atom. The molecule has 0 radical (unpaired) electrons. The number of hydrogen-bond acceptors (Lipinski definition) is 3. The molecule has 2 aromatic rings. The molecule has 1 unspecified atom stereocenters. The number of oxazole rings is 1. The molecule has 18 heavy (non-hydrogen) atoms. The second-order valence-corrected chi connectivity index (χ2v) is 4.87. The second-order valence-electron chi connectivity index (χ2n) is 4.43. The van der Waals surface area contributed by atoms with Gasteiger partial charge >= 0.3 is 0 Å². The number of nitrogens with one attached hydrogen (secondary N) is 1. The number of likely N-dealkylation sites (N-methyl/N-ethyl adjacent to an activating group) is 1. The van der Waals surface area contributed by atoms with E-state index in [-0.39, 0.29) is 0 Å². The van der Waals surface area contributed by atoms with Crippen molar-refractivity contribution in [3.05, 3.63) is 52.7 Å². The Morgan fingerprint density at radius 2 is 2.06 bits per heavy atom. The van der Waals surface area contributed by atoms with Crippen LogP contribution < -0.4 is 5.32 Å². The molecular weight excluding hydrogens is 248 g/mol. The van der Waals surface area contributed by atoms with Crippen molar-refractivity contribution in [3.8, 4) is 0 Å². The SMILES string of the molecule is CNC(C)Cc1coc(Cc2ccc(Cl)cc2)n1. The third-order valence-corrected chi connectivity index (χ3v) is 3.13. The van der Waals surface area contributed by atoms with Crippen LogP contribution in [0.2, 0.25) is 5.02 Å². The average Bonchev–Trinajstić information content (AvgIpc) is 2.79. The third kappa shape index (κ3) is 3.59. The van der Waals surface area contributed by atoms with Gasteiger partial charge in [-0.2, -0.15) is 0 Å². The van der Waals surface area contributed by atoms with E-state index in [1.807, 2.05) is 31.3 Å². The van der Waals surface area contributed by atoms with Crippen LogP contribution in [-0.2, 0) is 12.8 Å². The number of aromatic nitrogens is 1. The molecule has 96 valence electrons. The summed E-state index contributed by atoms with van der Waals surface area (Å²) in [6, 6.07) is 8.14. The van der Waals surface area contributed by atoms with Gasteiger partial charge in [0, 0.05) is 23.9 Å². The van der Waals surface area contributed by atoms with Crippen LogP contribution in [0, 0.1) is 0 Å². The summed E-state index contributed by atoms with van der Waals surface area (Å²) in [5.41, 5.74) is 2.13. The molecule has 1 heterocycles. The van der Waals surface area contributed by atoms with Gasteiger partial charge in [0.2, 0.25) is 0 Å². The average molecular weight is 265 g/mol. The predicted octanol–water partition coefficient (Wildman–Crippen LogP) is 3.07. The van der Waals surface area contributed by atoms with Crippen molar-refractivity contribution in [3.63, 3.8) is 0 Å². The molecule has 1 N–H and O–H groups in total. The molecule has 0 amide bonds. The topological polar surface area (TPSA) is 38.1 Å². The Kier molecular flexibility index (Phi) is 4.39. The number of halogens is 1. The molecule has 1 aromatic heterocycles. The first-order chi connectivity index (χ1) is 8.67. The molecule has 0 saturated carbocycles. The van der Waals surface area contributed by atoms with Crippen LogP contribution in [0.15, 0.2) is 34.9 Å². The quantitative estimate of drug-likeness (QED) is 0.902. The van der Waals surface area contributed by atoms with Crippen molar-refractivity contribution < 1.29 is 4.42 Å². The lowest BCUT2D eigenvalue weighted by molar-refractivity contribution is 0.505. The molecule has 0 saturated heterocycles. The number of hydrogen-bond donors (Lipinski definition) is 1. The van der Waals surface area contributed by atoms with Crippen LogP contribution in [-0.4, -0.2) is 18.1 Å². The van der Waals surface area contributed by atoms with Crippen molar-refractivity contribution in [2.24, 2.45) is 0 Å². The summed E-state index contributed by atoms with van der Waals surface area (Å²) in [5.74, 6) is 0.746. The van der Waals surface area contributed by atoms with E-state index in [1.165, 1.54) is 0 Å². The van der Waals surface area contributed by atoms with Gasteiger partial charge in [-0.15, -0.1) is 0 Å². The van der Waals surface area contributed by atoms with E-state index >= 15 is 0 Å². The van der Waals surface area contributed by atoms with Crippen molar-refractivity contribution in [1.29, 1.82) is 0 Å². The summed E-state index contributed by atoms with van der Waals surface area (Å²) in [7, 11) is 1.94. The van der Waals surface area contributed by atoms with Crippen molar-refractivity contribution in [1.82, 2.24) is 10.3 Å².